The van der Waals surface area contributed by atoms with Gasteiger partial charge in [-0.15, -0.1) is 5.10 Å². The molecule has 0 saturated carbocycles. The van der Waals surface area contributed by atoms with Crippen molar-refractivity contribution in [2.24, 2.45) is 0 Å². The van der Waals surface area contributed by atoms with Crippen LogP contribution < -0.4 is 19.9 Å². The fraction of sp³-hybridized carbons (Fsp3) is 0.360. The number of ether oxygens (including phenoxy) is 2. The van der Waals surface area contributed by atoms with Gasteiger partial charge in [-0.3, -0.25) is 9.59 Å². The number of fused-ring (bicyclic) bond motifs is 1. The van der Waals surface area contributed by atoms with Crippen LogP contribution in [0.4, 0.5) is 15.8 Å². The number of nitrogens with zero attached hydrogens (tertiary/aromatic N) is 5. The first-order valence-corrected chi connectivity index (χ1v) is 11.8. The molecule has 11 heteroatoms. The summed E-state index contributed by atoms with van der Waals surface area (Å²) in [5, 5.41) is 6.88. The first kappa shape index (κ1) is 23.7. The summed E-state index contributed by atoms with van der Waals surface area (Å²) < 4.78 is 26.0. The van der Waals surface area contributed by atoms with E-state index in [2.05, 4.69) is 20.3 Å². The third-order valence-corrected chi connectivity index (χ3v) is 6.23. The quantitative estimate of drug-likeness (QED) is 0.578. The van der Waals surface area contributed by atoms with Gasteiger partial charge in [-0.25, -0.2) is 14.1 Å². The second-order valence-corrected chi connectivity index (χ2v) is 8.73. The van der Waals surface area contributed by atoms with Crippen molar-refractivity contribution in [3.63, 3.8) is 0 Å². The van der Waals surface area contributed by atoms with Crippen LogP contribution in [0.25, 0.3) is 0 Å². The second kappa shape index (κ2) is 10.3. The van der Waals surface area contributed by atoms with Crippen molar-refractivity contribution in [1.29, 1.82) is 0 Å². The zero-order valence-electron chi connectivity index (χ0n) is 19.9. The van der Waals surface area contributed by atoms with Gasteiger partial charge in [0.1, 0.15) is 30.5 Å². The van der Waals surface area contributed by atoms with E-state index in [0.717, 1.165) is 37.4 Å². The highest BCUT2D eigenvalue weighted by Crippen LogP contribution is 2.34. The molecule has 1 saturated heterocycles. The van der Waals surface area contributed by atoms with Gasteiger partial charge in [0.25, 0.3) is 11.8 Å². The molecule has 0 radical (unpaired) electrons. The minimum Gasteiger partial charge on any atom is -0.489 e. The van der Waals surface area contributed by atoms with Crippen molar-refractivity contribution in [1.82, 2.24) is 20.1 Å². The van der Waals surface area contributed by atoms with E-state index in [1.807, 2.05) is 18.2 Å². The lowest BCUT2D eigenvalue weighted by Gasteiger charge is -2.25. The average Bonchev–Trinajstić information content (AvgIpc) is 3.13. The molecular weight excluding hydrogens is 467 g/mol. The fourth-order valence-electron chi connectivity index (χ4n) is 4.27. The molecule has 1 fully saturated rings. The molecule has 3 aromatic rings. The maximum atomic E-state index is 13.2. The summed E-state index contributed by atoms with van der Waals surface area (Å²) in [6, 6.07) is 10.8. The summed E-state index contributed by atoms with van der Waals surface area (Å²) in [4.78, 5) is 33.8. The molecule has 2 aliphatic rings. The number of rotatable bonds is 5. The molecule has 0 spiro atoms. The number of anilines is 2. The molecule has 0 aliphatic carbocycles. The zero-order valence-corrected chi connectivity index (χ0v) is 19.9. The molecule has 1 aromatic heterocycles. The number of hydrogen-bond acceptors (Lipinski definition) is 7. The Morgan fingerprint density at radius 2 is 2.00 bits per heavy atom. The van der Waals surface area contributed by atoms with Crippen molar-refractivity contribution < 1.29 is 23.5 Å². The summed E-state index contributed by atoms with van der Waals surface area (Å²) in [6.45, 7) is 3.35. The van der Waals surface area contributed by atoms with E-state index < -0.39 is 11.9 Å². The molecule has 36 heavy (non-hydrogen) atoms. The van der Waals surface area contributed by atoms with Gasteiger partial charge in [0.2, 0.25) is 5.82 Å². The van der Waals surface area contributed by atoms with Crippen molar-refractivity contribution >= 4 is 23.2 Å². The highest BCUT2D eigenvalue weighted by Gasteiger charge is 2.32. The van der Waals surface area contributed by atoms with Crippen LogP contribution in [0.2, 0.25) is 0 Å². The van der Waals surface area contributed by atoms with Crippen LogP contribution in [0, 0.1) is 5.82 Å². The van der Waals surface area contributed by atoms with Crippen LogP contribution in [0.5, 0.6) is 5.75 Å². The highest BCUT2D eigenvalue weighted by molar-refractivity contribution is 6.02. The maximum Gasteiger partial charge on any atom is 0.291 e. The van der Waals surface area contributed by atoms with Crippen molar-refractivity contribution in [2.45, 2.75) is 19.0 Å². The Morgan fingerprint density at radius 3 is 2.83 bits per heavy atom. The Kier molecular flexibility index (Phi) is 6.81. The predicted octanol–water partition coefficient (Wildman–Crippen LogP) is 1.85. The number of nitrogens with one attached hydrogen (secondary N) is 1. The summed E-state index contributed by atoms with van der Waals surface area (Å²) in [7, 11) is 1.67. The SMILES string of the molecule is CN1C(=O)C(NC(=O)c2ncn(Cc3ccc(F)cc3)n2)COc2ccc(N3CCCOCC3)cc21. The van der Waals surface area contributed by atoms with Gasteiger partial charge in [-0.05, 0) is 42.3 Å². The van der Waals surface area contributed by atoms with Crippen molar-refractivity contribution in [2.75, 3.05) is 49.8 Å². The smallest absolute Gasteiger partial charge is 0.291 e. The molecule has 2 amide bonds. The normalized spacial score (nSPS) is 18.2. The van der Waals surface area contributed by atoms with E-state index in [4.69, 9.17) is 9.47 Å². The summed E-state index contributed by atoms with van der Waals surface area (Å²) in [5.41, 5.74) is 2.44. The standard InChI is InChI=1S/C25H27FN6O4/c1-30-21-13-19(31-9-2-11-35-12-10-31)7-8-22(21)36-15-20(25(30)34)28-24(33)23-27-16-32(29-23)14-17-3-5-18(26)6-4-17/h3-8,13,16,20H,2,9-12,14-15H2,1H3,(H,28,33). The van der Waals surface area contributed by atoms with E-state index in [1.54, 1.807) is 19.2 Å². The molecular formula is C25H27FN6O4. The summed E-state index contributed by atoms with van der Waals surface area (Å²) >= 11 is 0. The van der Waals surface area contributed by atoms with E-state index in [0.29, 0.717) is 24.6 Å². The van der Waals surface area contributed by atoms with Crippen LogP contribution in [-0.4, -0.2) is 72.6 Å². The number of aromatic nitrogens is 3. The highest BCUT2D eigenvalue weighted by atomic mass is 19.1. The van der Waals surface area contributed by atoms with Gasteiger partial charge in [0, 0.05) is 32.4 Å². The number of carbonyl (C=O) groups is 2. The molecule has 1 unspecified atom stereocenters. The Morgan fingerprint density at radius 1 is 1.17 bits per heavy atom. The third kappa shape index (κ3) is 5.15. The van der Waals surface area contributed by atoms with Gasteiger partial charge in [-0.1, -0.05) is 12.1 Å². The van der Waals surface area contributed by atoms with Gasteiger partial charge in [0.05, 0.1) is 18.8 Å². The number of halogens is 1. The number of likely N-dealkylation sites (N-methyl/N-ethyl adjacent to an activating group) is 1. The lowest BCUT2D eigenvalue weighted by atomic mass is 10.2. The minimum absolute atomic E-state index is 0.0187. The van der Waals surface area contributed by atoms with Crippen LogP contribution >= 0.6 is 0 Å². The molecule has 5 rings (SSSR count). The van der Waals surface area contributed by atoms with E-state index in [9.17, 15) is 14.0 Å². The van der Waals surface area contributed by atoms with E-state index in [1.165, 1.54) is 28.0 Å². The first-order valence-electron chi connectivity index (χ1n) is 11.8. The molecule has 2 aliphatic heterocycles. The molecule has 188 valence electrons. The van der Waals surface area contributed by atoms with E-state index in [-0.39, 0.29) is 24.2 Å². The van der Waals surface area contributed by atoms with Crippen molar-refractivity contribution in [3.8, 4) is 5.75 Å². The third-order valence-electron chi connectivity index (χ3n) is 6.23. The molecule has 0 bridgehead atoms. The largest absolute Gasteiger partial charge is 0.489 e. The zero-order chi connectivity index (χ0) is 25.1. The first-order chi connectivity index (χ1) is 17.5. The summed E-state index contributed by atoms with van der Waals surface area (Å²) in [5.74, 6) is -0.713. The molecule has 2 aromatic carbocycles. The van der Waals surface area contributed by atoms with E-state index >= 15 is 0 Å². The van der Waals surface area contributed by atoms with Gasteiger partial charge < -0.3 is 24.6 Å². The van der Waals surface area contributed by atoms with Crippen LogP contribution in [0.1, 0.15) is 22.6 Å². The number of benzene rings is 2. The molecule has 3 heterocycles. The predicted molar refractivity (Wildman–Crippen MR) is 130 cm³/mol. The number of carbonyl (C=O) groups excluding carboxylic acids is 2. The molecule has 1 N–H and O–H groups in total. The minimum atomic E-state index is -0.908. The molecule has 10 nitrogen and oxygen atoms in total. The topological polar surface area (TPSA) is 102 Å². The lowest BCUT2D eigenvalue weighted by molar-refractivity contribution is -0.120. The summed E-state index contributed by atoms with van der Waals surface area (Å²) in [6.07, 6.45) is 2.35. The van der Waals surface area contributed by atoms with Crippen LogP contribution in [-0.2, 0) is 16.1 Å². The monoisotopic (exact) mass is 494 g/mol. The Bertz CT molecular complexity index is 1240. The van der Waals surface area contributed by atoms with Gasteiger partial charge in [0.15, 0.2) is 0 Å². The Hall–Kier alpha value is -3.99. The van der Waals surface area contributed by atoms with Crippen LogP contribution in [0.3, 0.4) is 0 Å². The van der Waals surface area contributed by atoms with Gasteiger partial charge >= 0.3 is 0 Å². The number of amides is 2. The molecule has 1 atom stereocenters. The average molecular weight is 495 g/mol. The maximum absolute atomic E-state index is 13.2. The van der Waals surface area contributed by atoms with Gasteiger partial charge in [-0.2, -0.15) is 0 Å². The lowest BCUT2D eigenvalue weighted by Crippen LogP contribution is -2.49. The fourth-order valence-corrected chi connectivity index (χ4v) is 4.27. The Labute approximate surface area is 207 Å². The number of hydrogen-bond donors (Lipinski definition) is 1. The second-order valence-electron chi connectivity index (χ2n) is 8.73. The Balaban J connectivity index is 1.26. The van der Waals surface area contributed by atoms with Crippen molar-refractivity contribution in [3.05, 3.63) is 66.0 Å². The van der Waals surface area contributed by atoms with Crippen LogP contribution in [0.15, 0.2) is 48.8 Å².